The van der Waals surface area contributed by atoms with Crippen molar-refractivity contribution in [3.8, 4) is 0 Å². The number of fused-ring (bicyclic) bond motifs is 1. The van der Waals surface area contributed by atoms with E-state index in [1.54, 1.807) is 0 Å². The first kappa shape index (κ1) is 8.30. The van der Waals surface area contributed by atoms with Crippen molar-refractivity contribution in [2.45, 2.75) is 25.8 Å². The van der Waals surface area contributed by atoms with Gasteiger partial charge in [-0.25, -0.2) is 0 Å². The van der Waals surface area contributed by atoms with Gasteiger partial charge >= 0.3 is 0 Å². The van der Waals surface area contributed by atoms with Crippen LogP contribution in [0.4, 0.5) is 0 Å². The van der Waals surface area contributed by atoms with Crippen LogP contribution in [-0.4, -0.2) is 11.9 Å². The van der Waals surface area contributed by atoms with Crippen LogP contribution in [0, 0.1) is 0 Å². The molecule has 2 nitrogen and oxygen atoms in total. The number of carbonyl (C=O) groups excluding carboxylic acids is 1. The molecule has 1 atom stereocenters. The Morgan fingerprint density at radius 1 is 1.38 bits per heavy atom. The van der Waals surface area contributed by atoms with Crippen LogP contribution >= 0.6 is 0 Å². The van der Waals surface area contributed by atoms with Gasteiger partial charge in [-0.3, -0.25) is 4.79 Å². The third-order valence-corrected chi connectivity index (χ3v) is 2.49. The molecule has 1 aliphatic rings. The fraction of sp³-hybridized carbons (Fsp3) is 0.364. The highest BCUT2D eigenvalue weighted by atomic mass is 16.1. The summed E-state index contributed by atoms with van der Waals surface area (Å²) in [5.74, 6) is 0.0700. The second-order valence-corrected chi connectivity index (χ2v) is 3.57. The molecule has 0 unspecified atom stereocenters. The summed E-state index contributed by atoms with van der Waals surface area (Å²) in [4.78, 5) is 11.6. The molecule has 1 aliphatic heterocycles. The standard InChI is InChI=1S/C11H13NO/c1-8-6-7-9-4-2-3-5-10(9)11(13)12-8/h2-5,8H,6-7H2,1H3,(H,12,13)/t8-/m1/s1. The average molecular weight is 175 g/mol. The van der Waals surface area contributed by atoms with E-state index in [0.29, 0.717) is 6.04 Å². The number of carbonyl (C=O) groups is 1. The van der Waals surface area contributed by atoms with Crippen molar-refractivity contribution < 1.29 is 4.79 Å². The molecular weight excluding hydrogens is 162 g/mol. The normalized spacial score (nSPS) is 21.6. The summed E-state index contributed by atoms with van der Waals surface area (Å²) in [6.45, 7) is 2.05. The Labute approximate surface area is 78.0 Å². The summed E-state index contributed by atoms with van der Waals surface area (Å²) in [5.41, 5.74) is 2.01. The van der Waals surface area contributed by atoms with Gasteiger partial charge in [-0.2, -0.15) is 0 Å². The number of benzene rings is 1. The Balaban J connectivity index is 2.40. The second kappa shape index (κ2) is 3.21. The van der Waals surface area contributed by atoms with Gasteiger partial charge in [0.05, 0.1) is 0 Å². The van der Waals surface area contributed by atoms with Crippen LogP contribution in [0.1, 0.15) is 29.3 Å². The Bertz CT molecular complexity index is 333. The second-order valence-electron chi connectivity index (χ2n) is 3.57. The van der Waals surface area contributed by atoms with E-state index in [4.69, 9.17) is 0 Å². The van der Waals surface area contributed by atoms with Gasteiger partial charge in [0.2, 0.25) is 0 Å². The first-order valence-electron chi connectivity index (χ1n) is 4.66. The number of aryl methyl sites for hydroxylation is 1. The Kier molecular flexibility index (Phi) is 2.05. The fourth-order valence-corrected chi connectivity index (χ4v) is 1.71. The highest BCUT2D eigenvalue weighted by Gasteiger charge is 2.17. The lowest BCUT2D eigenvalue weighted by molar-refractivity contribution is 0.0942. The van der Waals surface area contributed by atoms with Crippen LogP contribution in [-0.2, 0) is 6.42 Å². The van der Waals surface area contributed by atoms with Crippen molar-refractivity contribution in [2.75, 3.05) is 0 Å². The number of amides is 1. The smallest absolute Gasteiger partial charge is 0.251 e. The summed E-state index contributed by atoms with van der Waals surface area (Å²) in [6.07, 6.45) is 2.03. The quantitative estimate of drug-likeness (QED) is 0.639. The first-order valence-corrected chi connectivity index (χ1v) is 4.66. The molecule has 0 aromatic heterocycles. The van der Waals surface area contributed by atoms with E-state index in [-0.39, 0.29) is 5.91 Å². The summed E-state index contributed by atoms with van der Waals surface area (Å²) in [6, 6.07) is 8.12. The Morgan fingerprint density at radius 2 is 2.15 bits per heavy atom. The minimum atomic E-state index is 0.0700. The lowest BCUT2D eigenvalue weighted by Crippen LogP contribution is -2.30. The number of rotatable bonds is 0. The average Bonchev–Trinajstić information content (AvgIpc) is 2.27. The van der Waals surface area contributed by atoms with Gasteiger partial charge in [0.15, 0.2) is 0 Å². The van der Waals surface area contributed by atoms with E-state index in [1.807, 2.05) is 31.2 Å². The minimum absolute atomic E-state index is 0.0700. The van der Waals surface area contributed by atoms with Gasteiger partial charge in [-0.05, 0) is 31.4 Å². The third kappa shape index (κ3) is 1.57. The number of nitrogens with one attached hydrogen (secondary N) is 1. The van der Waals surface area contributed by atoms with E-state index < -0.39 is 0 Å². The molecule has 1 aromatic carbocycles. The third-order valence-electron chi connectivity index (χ3n) is 2.49. The lowest BCUT2D eigenvalue weighted by atomic mass is 10.0. The van der Waals surface area contributed by atoms with Gasteiger partial charge < -0.3 is 5.32 Å². The van der Waals surface area contributed by atoms with Crippen LogP contribution in [0.15, 0.2) is 24.3 Å². The summed E-state index contributed by atoms with van der Waals surface area (Å²) in [5, 5.41) is 2.96. The summed E-state index contributed by atoms with van der Waals surface area (Å²) in [7, 11) is 0. The first-order chi connectivity index (χ1) is 6.27. The highest BCUT2D eigenvalue weighted by molar-refractivity contribution is 5.96. The SMILES string of the molecule is C[C@@H]1CCc2ccccc2C(=O)N1. The zero-order valence-electron chi connectivity index (χ0n) is 7.71. The fourth-order valence-electron chi connectivity index (χ4n) is 1.71. The van der Waals surface area contributed by atoms with Gasteiger partial charge in [-0.1, -0.05) is 18.2 Å². The molecule has 0 aliphatic carbocycles. The topological polar surface area (TPSA) is 29.1 Å². The van der Waals surface area contributed by atoms with E-state index in [2.05, 4.69) is 5.32 Å². The zero-order chi connectivity index (χ0) is 9.26. The molecule has 0 spiro atoms. The summed E-state index contributed by atoms with van der Waals surface area (Å²) >= 11 is 0. The van der Waals surface area contributed by atoms with E-state index in [1.165, 1.54) is 5.56 Å². The molecule has 1 heterocycles. The van der Waals surface area contributed by atoms with Crippen molar-refractivity contribution in [3.05, 3.63) is 35.4 Å². The van der Waals surface area contributed by atoms with Crippen LogP contribution < -0.4 is 5.32 Å². The molecule has 0 fully saturated rings. The maximum atomic E-state index is 11.6. The van der Waals surface area contributed by atoms with Gasteiger partial charge in [-0.15, -0.1) is 0 Å². The maximum Gasteiger partial charge on any atom is 0.251 e. The van der Waals surface area contributed by atoms with Crippen molar-refractivity contribution in [2.24, 2.45) is 0 Å². The molecule has 0 bridgehead atoms. The monoisotopic (exact) mass is 175 g/mol. The molecule has 1 N–H and O–H groups in total. The van der Waals surface area contributed by atoms with Crippen molar-refractivity contribution >= 4 is 5.91 Å². The molecule has 0 saturated heterocycles. The van der Waals surface area contributed by atoms with Crippen LogP contribution in [0.5, 0.6) is 0 Å². The number of hydrogen-bond donors (Lipinski definition) is 1. The van der Waals surface area contributed by atoms with Crippen molar-refractivity contribution in [1.82, 2.24) is 5.32 Å². The maximum absolute atomic E-state index is 11.6. The van der Waals surface area contributed by atoms with E-state index in [9.17, 15) is 4.79 Å². The lowest BCUT2D eigenvalue weighted by Gasteiger charge is -2.07. The van der Waals surface area contributed by atoms with Crippen LogP contribution in [0.3, 0.4) is 0 Å². The van der Waals surface area contributed by atoms with Gasteiger partial charge in [0, 0.05) is 11.6 Å². The predicted octanol–water partition coefficient (Wildman–Crippen LogP) is 1.75. The highest BCUT2D eigenvalue weighted by Crippen LogP contribution is 2.15. The molecule has 0 saturated carbocycles. The van der Waals surface area contributed by atoms with Gasteiger partial charge in [0.25, 0.3) is 5.91 Å². The number of hydrogen-bond acceptors (Lipinski definition) is 1. The Morgan fingerprint density at radius 3 is 3.00 bits per heavy atom. The zero-order valence-corrected chi connectivity index (χ0v) is 7.71. The minimum Gasteiger partial charge on any atom is -0.350 e. The molecule has 0 radical (unpaired) electrons. The van der Waals surface area contributed by atoms with Crippen molar-refractivity contribution in [1.29, 1.82) is 0 Å². The van der Waals surface area contributed by atoms with Crippen molar-refractivity contribution in [3.63, 3.8) is 0 Å². The van der Waals surface area contributed by atoms with Gasteiger partial charge in [0.1, 0.15) is 0 Å². The molecular formula is C11H13NO. The molecule has 2 rings (SSSR count). The van der Waals surface area contributed by atoms with Crippen LogP contribution in [0.2, 0.25) is 0 Å². The molecule has 68 valence electrons. The predicted molar refractivity (Wildman–Crippen MR) is 51.7 cm³/mol. The molecule has 13 heavy (non-hydrogen) atoms. The largest absolute Gasteiger partial charge is 0.350 e. The molecule has 2 heteroatoms. The van der Waals surface area contributed by atoms with Crippen LogP contribution in [0.25, 0.3) is 0 Å². The Hall–Kier alpha value is -1.31. The molecule has 1 amide bonds. The van der Waals surface area contributed by atoms with E-state index >= 15 is 0 Å². The summed E-state index contributed by atoms with van der Waals surface area (Å²) < 4.78 is 0. The van der Waals surface area contributed by atoms with E-state index in [0.717, 1.165) is 18.4 Å². The molecule has 1 aromatic rings.